The highest BCUT2D eigenvalue weighted by molar-refractivity contribution is 5.97. The van der Waals surface area contributed by atoms with Crippen molar-refractivity contribution in [2.45, 2.75) is 57.2 Å². The number of methoxy groups -OCH3 is 1. The number of fused-ring (bicyclic) bond motifs is 1. The molecule has 3 rings (SSSR count). The number of carbonyl (C=O) groups excluding carboxylic acids is 3. The van der Waals surface area contributed by atoms with E-state index in [1.807, 2.05) is 6.92 Å². The average Bonchev–Trinajstić information content (AvgIpc) is 2.68. The largest absolute Gasteiger partial charge is 0.497 e. The van der Waals surface area contributed by atoms with Gasteiger partial charge in [0.15, 0.2) is 0 Å². The zero-order valence-electron chi connectivity index (χ0n) is 16.4. The molecule has 0 aromatic heterocycles. The summed E-state index contributed by atoms with van der Waals surface area (Å²) in [6.07, 6.45) is 3.63. The van der Waals surface area contributed by atoms with Crippen LogP contribution in [0.5, 0.6) is 5.75 Å². The van der Waals surface area contributed by atoms with Crippen molar-refractivity contribution in [2.24, 2.45) is 0 Å². The molecule has 3 atom stereocenters. The van der Waals surface area contributed by atoms with Gasteiger partial charge in [-0.15, -0.1) is 0 Å². The molecule has 0 unspecified atom stereocenters. The van der Waals surface area contributed by atoms with Crippen molar-refractivity contribution in [1.82, 2.24) is 15.5 Å². The number of piperazine rings is 1. The summed E-state index contributed by atoms with van der Waals surface area (Å²) in [5.74, 6) is 0.0364. The van der Waals surface area contributed by atoms with Gasteiger partial charge in [-0.05, 0) is 31.9 Å². The number of carbonyl (C=O) groups is 3. The van der Waals surface area contributed by atoms with E-state index in [0.717, 1.165) is 25.7 Å². The molecular weight excluding hydrogens is 360 g/mol. The van der Waals surface area contributed by atoms with Gasteiger partial charge >= 0.3 is 6.03 Å². The lowest BCUT2D eigenvalue weighted by molar-refractivity contribution is -0.135. The van der Waals surface area contributed by atoms with E-state index in [2.05, 4.69) is 16.0 Å². The van der Waals surface area contributed by atoms with Crippen LogP contribution in [-0.2, 0) is 9.59 Å². The molecule has 152 valence electrons. The van der Waals surface area contributed by atoms with E-state index in [9.17, 15) is 14.4 Å². The van der Waals surface area contributed by atoms with E-state index in [1.165, 1.54) is 0 Å². The first-order valence-electron chi connectivity index (χ1n) is 9.84. The Bertz CT molecular complexity index is 739. The van der Waals surface area contributed by atoms with Gasteiger partial charge in [-0.2, -0.15) is 0 Å². The molecule has 8 nitrogen and oxygen atoms in total. The van der Waals surface area contributed by atoms with Crippen LogP contribution in [0.4, 0.5) is 10.5 Å². The van der Waals surface area contributed by atoms with Gasteiger partial charge in [0.2, 0.25) is 11.8 Å². The normalized spacial score (nSPS) is 24.0. The first-order chi connectivity index (χ1) is 13.5. The van der Waals surface area contributed by atoms with Gasteiger partial charge in [0, 0.05) is 24.3 Å². The van der Waals surface area contributed by atoms with Gasteiger partial charge in [-0.1, -0.05) is 18.9 Å². The second-order valence-electron chi connectivity index (χ2n) is 7.21. The molecule has 3 N–H and O–H groups in total. The Kier molecular flexibility index (Phi) is 6.38. The molecule has 1 aliphatic carbocycles. The van der Waals surface area contributed by atoms with Gasteiger partial charge in [-0.25, -0.2) is 4.79 Å². The number of amides is 4. The molecule has 0 spiro atoms. The Morgan fingerprint density at radius 2 is 2.07 bits per heavy atom. The molecule has 2 aliphatic rings. The van der Waals surface area contributed by atoms with Crippen molar-refractivity contribution in [1.29, 1.82) is 0 Å². The summed E-state index contributed by atoms with van der Waals surface area (Å²) >= 11 is 0. The van der Waals surface area contributed by atoms with Gasteiger partial charge in [-0.3, -0.25) is 9.59 Å². The molecule has 1 aromatic carbocycles. The Morgan fingerprint density at radius 3 is 2.82 bits per heavy atom. The third-order valence-electron chi connectivity index (χ3n) is 5.35. The lowest BCUT2D eigenvalue weighted by Gasteiger charge is -2.47. The van der Waals surface area contributed by atoms with Crippen LogP contribution < -0.4 is 20.7 Å². The molecule has 28 heavy (non-hydrogen) atoms. The molecule has 2 fully saturated rings. The number of nitrogens with one attached hydrogen (secondary N) is 3. The lowest BCUT2D eigenvalue weighted by Crippen LogP contribution is -2.69. The van der Waals surface area contributed by atoms with Crippen molar-refractivity contribution in [3.8, 4) is 5.75 Å². The maximum Gasteiger partial charge on any atom is 0.318 e. The van der Waals surface area contributed by atoms with Crippen molar-refractivity contribution in [2.75, 3.05) is 19.0 Å². The fourth-order valence-corrected chi connectivity index (χ4v) is 4.06. The van der Waals surface area contributed by atoms with E-state index in [0.29, 0.717) is 18.0 Å². The Morgan fingerprint density at radius 1 is 1.29 bits per heavy atom. The number of benzene rings is 1. The maximum absolute atomic E-state index is 12.7. The monoisotopic (exact) mass is 388 g/mol. The minimum atomic E-state index is -0.823. The van der Waals surface area contributed by atoms with Crippen LogP contribution >= 0.6 is 0 Å². The molecule has 8 heteroatoms. The number of anilines is 1. The van der Waals surface area contributed by atoms with Crippen LogP contribution in [0.25, 0.3) is 0 Å². The van der Waals surface area contributed by atoms with Gasteiger partial charge in [0.05, 0.1) is 19.6 Å². The summed E-state index contributed by atoms with van der Waals surface area (Å²) in [5, 5.41) is 8.61. The van der Waals surface area contributed by atoms with Crippen molar-refractivity contribution in [3.05, 3.63) is 24.3 Å². The second-order valence-corrected chi connectivity index (χ2v) is 7.21. The van der Waals surface area contributed by atoms with E-state index < -0.39 is 6.04 Å². The molecule has 1 aromatic rings. The third kappa shape index (κ3) is 4.37. The van der Waals surface area contributed by atoms with Crippen LogP contribution in [0.1, 0.15) is 39.0 Å². The zero-order chi connectivity index (χ0) is 20.1. The standard InChI is InChI=1S/C20H28N4O4/c1-3-21-20(27)24-16-10-5-4-9-15(16)23-19(26)17(24)12-18(25)22-13-7-6-8-14(11-13)28-2/h6-8,11,15-17H,3-5,9-10,12H2,1-2H3,(H,21,27)(H,22,25)(H,23,26)/t15-,16-,17+/m0/s1. The summed E-state index contributed by atoms with van der Waals surface area (Å²) in [7, 11) is 1.55. The first kappa shape index (κ1) is 20.0. The zero-order valence-corrected chi connectivity index (χ0v) is 16.4. The molecule has 1 saturated carbocycles. The average molecular weight is 388 g/mol. The summed E-state index contributed by atoms with van der Waals surface area (Å²) < 4.78 is 5.16. The van der Waals surface area contributed by atoms with Crippen LogP contribution in [0, 0.1) is 0 Å². The predicted molar refractivity (Wildman–Crippen MR) is 105 cm³/mol. The predicted octanol–water partition coefficient (Wildman–Crippen LogP) is 1.86. The van der Waals surface area contributed by atoms with Crippen molar-refractivity contribution >= 4 is 23.5 Å². The van der Waals surface area contributed by atoms with Gasteiger partial charge in [0.1, 0.15) is 11.8 Å². The maximum atomic E-state index is 12.7. The van der Waals surface area contributed by atoms with Crippen LogP contribution in [-0.4, -0.2) is 54.5 Å². The summed E-state index contributed by atoms with van der Waals surface area (Å²) in [5.41, 5.74) is 0.584. The molecule has 4 amide bonds. The number of hydrogen-bond donors (Lipinski definition) is 3. The Hall–Kier alpha value is -2.77. The molecule has 0 bridgehead atoms. The van der Waals surface area contributed by atoms with E-state index in [-0.39, 0.29) is 36.3 Å². The number of ether oxygens (including phenoxy) is 1. The summed E-state index contributed by atoms with van der Waals surface area (Å²) in [4.78, 5) is 39.7. The van der Waals surface area contributed by atoms with E-state index in [4.69, 9.17) is 4.74 Å². The SMILES string of the molecule is CCNC(=O)N1[C@H](CC(=O)Nc2cccc(OC)c2)C(=O)N[C@H]2CCCC[C@@H]21. The topological polar surface area (TPSA) is 99.8 Å². The molecular formula is C20H28N4O4. The number of rotatable bonds is 5. The Balaban J connectivity index is 1.75. The highest BCUT2D eigenvalue weighted by atomic mass is 16.5. The van der Waals surface area contributed by atoms with Crippen molar-refractivity contribution in [3.63, 3.8) is 0 Å². The molecule has 1 heterocycles. The quantitative estimate of drug-likeness (QED) is 0.717. The molecule has 1 aliphatic heterocycles. The Labute approximate surface area is 165 Å². The van der Waals surface area contributed by atoms with Gasteiger partial charge in [0.25, 0.3) is 0 Å². The van der Waals surface area contributed by atoms with Crippen molar-refractivity contribution < 1.29 is 19.1 Å². The highest BCUT2D eigenvalue weighted by Crippen LogP contribution is 2.29. The first-order valence-corrected chi connectivity index (χ1v) is 9.84. The number of nitrogens with zero attached hydrogens (tertiary/aromatic N) is 1. The number of hydrogen-bond acceptors (Lipinski definition) is 4. The third-order valence-corrected chi connectivity index (χ3v) is 5.35. The minimum Gasteiger partial charge on any atom is -0.497 e. The fraction of sp³-hybridized carbons (Fsp3) is 0.550. The van der Waals surface area contributed by atoms with E-state index in [1.54, 1.807) is 36.3 Å². The fourth-order valence-electron chi connectivity index (χ4n) is 4.06. The summed E-state index contributed by atoms with van der Waals surface area (Å²) in [6.45, 7) is 2.31. The van der Waals surface area contributed by atoms with Crippen LogP contribution in [0.15, 0.2) is 24.3 Å². The van der Waals surface area contributed by atoms with E-state index >= 15 is 0 Å². The number of urea groups is 1. The smallest absolute Gasteiger partial charge is 0.318 e. The van der Waals surface area contributed by atoms with Crippen LogP contribution in [0.3, 0.4) is 0 Å². The van der Waals surface area contributed by atoms with Gasteiger partial charge < -0.3 is 25.6 Å². The second kappa shape index (κ2) is 8.95. The highest BCUT2D eigenvalue weighted by Gasteiger charge is 2.45. The lowest BCUT2D eigenvalue weighted by atomic mass is 9.85. The summed E-state index contributed by atoms with van der Waals surface area (Å²) in [6, 6.07) is 5.79. The minimum absolute atomic E-state index is 0.0402. The van der Waals surface area contributed by atoms with Crippen LogP contribution in [0.2, 0.25) is 0 Å². The molecule has 0 radical (unpaired) electrons. The molecule has 1 saturated heterocycles.